The Balaban J connectivity index is 1.62. The van der Waals surface area contributed by atoms with Crippen molar-refractivity contribution in [1.29, 1.82) is 0 Å². The molecule has 3 unspecified atom stereocenters. The summed E-state index contributed by atoms with van der Waals surface area (Å²) in [5.41, 5.74) is -0.677. The Bertz CT molecular complexity index is 1090. The lowest BCUT2D eigenvalue weighted by Gasteiger charge is -2.23. The molecule has 0 amide bonds. The molecule has 2 aromatic rings. The highest BCUT2D eigenvalue weighted by atomic mass is 35.5. The van der Waals surface area contributed by atoms with E-state index in [9.17, 15) is 14.4 Å². The van der Waals surface area contributed by atoms with Crippen molar-refractivity contribution >= 4 is 26.1 Å². The smallest absolute Gasteiger partial charge is 0.329 e. The maximum atomic E-state index is 12.0. The van der Waals surface area contributed by atoms with Crippen molar-refractivity contribution < 1.29 is 23.3 Å². The fourth-order valence-electron chi connectivity index (χ4n) is 3.24. The summed E-state index contributed by atoms with van der Waals surface area (Å²) in [7, 11) is -0.221. The SMILES string of the molecule is COC(COP(NCC(=O)OC(C)C)Oc1cccc(C2CC2)c1)CC(Cl)n1ccc(=O)[nH]c1=O. The quantitative estimate of drug-likeness (QED) is 0.218. The van der Waals surface area contributed by atoms with Crippen LogP contribution in [-0.2, 0) is 18.8 Å². The van der Waals surface area contributed by atoms with Crippen LogP contribution < -0.4 is 20.9 Å². The van der Waals surface area contributed by atoms with Gasteiger partial charge < -0.3 is 18.5 Å². The number of aromatic nitrogens is 2. The van der Waals surface area contributed by atoms with E-state index in [2.05, 4.69) is 16.1 Å². The summed E-state index contributed by atoms with van der Waals surface area (Å²) in [6.07, 6.45) is 3.16. The number of H-pyrrole nitrogens is 1. The first-order chi connectivity index (χ1) is 16.7. The highest BCUT2D eigenvalue weighted by molar-refractivity contribution is 7.45. The zero-order valence-corrected chi connectivity index (χ0v) is 21.6. The van der Waals surface area contributed by atoms with Crippen LogP contribution >= 0.6 is 20.1 Å². The fourth-order valence-corrected chi connectivity index (χ4v) is 4.66. The van der Waals surface area contributed by atoms with Gasteiger partial charge in [-0.15, -0.1) is 0 Å². The zero-order valence-electron chi connectivity index (χ0n) is 19.9. The van der Waals surface area contributed by atoms with E-state index < -0.39 is 37.3 Å². The van der Waals surface area contributed by atoms with Crippen molar-refractivity contribution in [3.05, 3.63) is 62.9 Å². The Morgan fingerprint density at radius 1 is 1.29 bits per heavy atom. The molecule has 192 valence electrons. The Hall–Kier alpha value is -2.23. The minimum atomic E-state index is -1.72. The highest BCUT2D eigenvalue weighted by Crippen LogP contribution is 2.43. The molecule has 1 heterocycles. The first-order valence-electron chi connectivity index (χ1n) is 11.4. The fraction of sp³-hybridized carbons (Fsp3) is 0.522. The topological polar surface area (TPSA) is 121 Å². The van der Waals surface area contributed by atoms with E-state index >= 15 is 0 Å². The second kappa shape index (κ2) is 13.2. The predicted molar refractivity (Wildman–Crippen MR) is 133 cm³/mol. The second-order valence-electron chi connectivity index (χ2n) is 8.41. The molecule has 35 heavy (non-hydrogen) atoms. The van der Waals surface area contributed by atoms with Gasteiger partial charge in [0.2, 0.25) is 0 Å². The Morgan fingerprint density at radius 3 is 2.71 bits per heavy atom. The Morgan fingerprint density at radius 2 is 2.06 bits per heavy atom. The molecular formula is C23H31ClN3O7P. The molecule has 0 bridgehead atoms. The number of ether oxygens (including phenoxy) is 2. The molecular weight excluding hydrogens is 497 g/mol. The molecule has 1 aromatic heterocycles. The number of alkyl halides is 1. The van der Waals surface area contributed by atoms with E-state index in [0.29, 0.717) is 11.7 Å². The van der Waals surface area contributed by atoms with Gasteiger partial charge in [-0.25, -0.2) is 9.88 Å². The molecule has 1 fully saturated rings. The lowest BCUT2D eigenvalue weighted by Crippen LogP contribution is -2.32. The van der Waals surface area contributed by atoms with Gasteiger partial charge in [-0.2, -0.15) is 0 Å². The van der Waals surface area contributed by atoms with Gasteiger partial charge >= 0.3 is 20.2 Å². The summed E-state index contributed by atoms with van der Waals surface area (Å²) in [6, 6.07) is 9.04. The number of rotatable bonds is 14. The van der Waals surface area contributed by atoms with Crippen LogP contribution in [0.2, 0.25) is 0 Å². The molecule has 0 spiro atoms. The van der Waals surface area contributed by atoms with Crippen LogP contribution in [0.3, 0.4) is 0 Å². The first-order valence-corrected chi connectivity index (χ1v) is 13.0. The number of carbonyl (C=O) groups excluding carboxylic acids is 1. The lowest BCUT2D eigenvalue weighted by molar-refractivity contribution is -0.145. The van der Waals surface area contributed by atoms with E-state index in [1.165, 1.54) is 42.3 Å². The van der Waals surface area contributed by atoms with Crippen molar-refractivity contribution in [2.45, 2.75) is 56.7 Å². The van der Waals surface area contributed by atoms with E-state index in [1.807, 2.05) is 18.2 Å². The molecule has 2 N–H and O–H groups in total. The van der Waals surface area contributed by atoms with E-state index in [0.717, 1.165) is 0 Å². The van der Waals surface area contributed by atoms with Crippen LogP contribution in [-0.4, -0.2) is 48.0 Å². The number of nitrogens with zero attached hydrogens (tertiary/aromatic N) is 1. The van der Waals surface area contributed by atoms with Crippen LogP contribution in [0.1, 0.15) is 50.1 Å². The number of benzene rings is 1. The molecule has 10 nitrogen and oxygen atoms in total. The maximum absolute atomic E-state index is 12.0. The third-order valence-corrected chi connectivity index (χ3v) is 6.70. The van der Waals surface area contributed by atoms with Crippen molar-refractivity contribution in [2.24, 2.45) is 0 Å². The van der Waals surface area contributed by atoms with E-state index in [1.54, 1.807) is 13.8 Å². The minimum Gasteiger partial charge on any atom is -0.462 e. The lowest BCUT2D eigenvalue weighted by atomic mass is 10.1. The number of aromatic amines is 1. The number of halogens is 1. The molecule has 12 heteroatoms. The minimum absolute atomic E-state index is 0.0814. The molecule has 0 radical (unpaired) electrons. The third kappa shape index (κ3) is 9.05. The summed E-state index contributed by atoms with van der Waals surface area (Å²) in [5, 5.41) is 2.98. The standard InChI is InChI=1S/C23H31ClN3O7P/c1-15(2)33-22(29)13-25-35(34-18-6-4-5-17(11-18)16-7-8-16)32-14-19(31-3)12-20(24)27-10-9-21(28)26-23(27)30/h4-6,9-11,15-16,19-20,25H,7-8,12-14H2,1-3H3,(H,26,28,30). The van der Waals surface area contributed by atoms with Crippen molar-refractivity contribution in [1.82, 2.24) is 14.6 Å². The van der Waals surface area contributed by atoms with Crippen LogP contribution in [0.25, 0.3) is 0 Å². The van der Waals surface area contributed by atoms with Gasteiger partial charge in [-0.3, -0.25) is 19.1 Å². The number of hydrogen-bond donors (Lipinski definition) is 2. The van der Waals surface area contributed by atoms with Crippen LogP contribution in [0, 0.1) is 0 Å². The van der Waals surface area contributed by atoms with E-state index in [4.69, 9.17) is 30.1 Å². The van der Waals surface area contributed by atoms with Gasteiger partial charge in [0, 0.05) is 25.8 Å². The van der Waals surface area contributed by atoms with Crippen LogP contribution in [0.4, 0.5) is 0 Å². The predicted octanol–water partition coefficient (Wildman–Crippen LogP) is 3.42. The normalized spacial score (nSPS) is 16.0. The van der Waals surface area contributed by atoms with Gasteiger partial charge in [0.1, 0.15) is 17.8 Å². The number of carbonyl (C=O) groups is 1. The molecule has 0 aliphatic heterocycles. The molecule has 1 aliphatic carbocycles. The molecule has 1 aliphatic rings. The third-order valence-electron chi connectivity index (χ3n) is 5.14. The second-order valence-corrected chi connectivity index (χ2v) is 10.2. The summed E-state index contributed by atoms with van der Waals surface area (Å²) in [4.78, 5) is 37.5. The van der Waals surface area contributed by atoms with Crippen molar-refractivity contribution in [3.63, 3.8) is 0 Å². The summed E-state index contributed by atoms with van der Waals surface area (Å²) in [6.45, 7) is 3.54. The maximum Gasteiger partial charge on any atom is 0.329 e. The summed E-state index contributed by atoms with van der Waals surface area (Å²) < 4.78 is 23.9. The number of nitrogens with one attached hydrogen (secondary N) is 2. The average molecular weight is 528 g/mol. The van der Waals surface area contributed by atoms with Gasteiger partial charge in [0.05, 0.1) is 18.8 Å². The van der Waals surface area contributed by atoms with Crippen LogP contribution in [0.5, 0.6) is 5.75 Å². The average Bonchev–Trinajstić information content (AvgIpc) is 3.65. The van der Waals surface area contributed by atoms with Gasteiger partial charge in [-0.05, 0) is 50.3 Å². The van der Waals surface area contributed by atoms with E-state index in [-0.39, 0.29) is 25.7 Å². The number of esters is 1. The van der Waals surface area contributed by atoms with Crippen LogP contribution in [0.15, 0.2) is 46.1 Å². The highest BCUT2D eigenvalue weighted by Gasteiger charge is 2.25. The number of hydrogen-bond acceptors (Lipinski definition) is 8. The molecule has 3 atom stereocenters. The van der Waals surface area contributed by atoms with Gasteiger partial charge in [0.25, 0.3) is 5.56 Å². The monoisotopic (exact) mass is 527 g/mol. The zero-order chi connectivity index (χ0) is 25.4. The summed E-state index contributed by atoms with van der Waals surface area (Å²) >= 11 is 6.39. The Labute approximate surface area is 209 Å². The largest absolute Gasteiger partial charge is 0.462 e. The van der Waals surface area contributed by atoms with Crippen molar-refractivity contribution in [2.75, 3.05) is 20.3 Å². The van der Waals surface area contributed by atoms with Gasteiger partial charge in [-0.1, -0.05) is 23.7 Å². The van der Waals surface area contributed by atoms with Crippen molar-refractivity contribution in [3.8, 4) is 5.75 Å². The molecule has 1 saturated carbocycles. The summed E-state index contributed by atoms with van der Waals surface area (Å²) in [5.74, 6) is 0.775. The van der Waals surface area contributed by atoms with Gasteiger partial charge in [0.15, 0.2) is 0 Å². The molecule has 1 aromatic carbocycles. The first kappa shape index (κ1) is 27.4. The molecule has 0 saturated heterocycles. The Kier molecular flexibility index (Phi) is 10.3. The molecule has 3 rings (SSSR count). The number of methoxy groups -OCH3 is 1.